The number of nitrogens with one attached hydrogen (secondary N) is 1. The number of hydrogen-bond donors (Lipinski definition) is 2. The highest BCUT2D eigenvalue weighted by Gasteiger charge is 2.32. The molecule has 0 aliphatic heterocycles. The van der Waals surface area contributed by atoms with Crippen molar-refractivity contribution in [3.8, 4) is 5.75 Å². The van der Waals surface area contributed by atoms with E-state index in [9.17, 15) is 19.1 Å². The molecule has 6 heteroatoms. The molecule has 160 valence electrons. The second-order valence-corrected chi connectivity index (χ2v) is 7.32. The number of halogens is 1. The van der Waals surface area contributed by atoms with Gasteiger partial charge in [-0.2, -0.15) is 0 Å². The van der Waals surface area contributed by atoms with Gasteiger partial charge in [0.05, 0.1) is 5.56 Å². The van der Waals surface area contributed by atoms with E-state index in [0.717, 1.165) is 11.1 Å². The summed E-state index contributed by atoms with van der Waals surface area (Å²) in [4.78, 5) is 28.0. The zero-order valence-corrected chi connectivity index (χ0v) is 17.7. The number of aryl methyl sites for hydroxylation is 2. The molecule has 5 nitrogen and oxygen atoms in total. The first-order valence-corrected chi connectivity index (χ1v) is 10.0. The van der Waals surface area contributed by atoms with Crippen LogP contribution in [0.4, 0.5) is 10.1 Å². The molecule has 0 unspecified atom stereocenters. The second kappa shape index (κ2) is 9.43. The maximum absolute atomic E-state index is 14.3. The van der Waals surface area contributed by atoms with Crippen LogP contribution in [0.3, 0.4) is 0 Å². The number of amides is 2. The lowest BCUT2D eigenvalue weighted by Crippen LogP contribution is -2.41. The van der Waals surface area contributed by atoms with Crippen LogP contribution in [-0.4, -0.2) is 28.4 Å². The Morgan fingerprint density at radius 1 is 0.968 bits per heavy atom. The van der Waals surface area contributed by atoms with E-state index >= 15 is 0 Å². The molecule has 0 fully saturated rings. The van der Waals surface area contributed by atoms with Crippen molar-refractivity contribution >= 4 is 17.5 Å². The normalized spacial score (nSPS) is 11.6. The largest absolute Gasteiger partial charge is 0.508 e. The van der Waals surface area contributed by atoms with Gasteiger partial charge in [0.25, 0.3) is 11.8 Å². The number of aromatic hydroxyl groups is 1. The Morgan fingerprint density at radius 2 is 1.58 bits per heavy atom. The molecule has 1 atom stereocenters. The third-order valence-electron chi connectivity index (χ3n) is 5.20. The van der Waals surface area contributed by atoms with E-state index in [1.54, 1.807) is 25.1 Å². The lowest BCUT2D eigenvalue weighted by Gasteiger charge is -2.31. The number of rotatable bonds is 6. The van der Waals surface area contributed by atoms with E-state index in [1.165, 1.54) is 35.2 Å². The molecule has 0 bridgehead atoms. The molecule has 3 rings (SSSR count). The minimum absolute atomic E-state index is 0.0427. The van der Waals surface area contributed by atoms with Crippen LogP contribution in [-0.2, 0) is 4.79 Å². The van der Waals surface area contributed by atoms with Gasteiger partial charge in [0.1, 0.15) is 17.6 Å². The number of para-hydroxylation sites is 1. The Bertz CT molecular complexity index is 1080. The molecular weight excluding hydrogens is 395 g/mol. The van der Waals surface area contributed by atoms with E-state index in [0.29, 0.717) is 11.3 Å². The number of benzene rings is 3. The van der Waals surface area contributed by atoms with E-state index in [4.69, 9.17) is 0 Å². The molecule has 2 amide bonds. The minimum atomic E-state index is -1.02. The summed E-state index contributed by atoms with van der Waals surface area (Å²) in [5, 5.41) is 12.6. The van der Waals surface area contributed by atoms with E-state index < -0.39 is 23.7 Å². The third-order valence-corrected chi connectivity index (χ3v) is 5.20. The second-order valence-electron chi connectivity index (χ2n) is 7.32. The summed E-state index contributed by atoms with van der Waals surface area (Å²) in [5.74, 6) is -1.61. The summed E-state index contributed by atoms with van der Waals surface area (Å²) < 4.78 is 14.3. The summed E-state index contributed by atoms with van der Waals surface area (Å²) in [6, 6.07) is 16.4. The van der Waals surface area contributed by atoms with Crippen molar-refractivity contribution in [3.63, 3.8) is 0 Å². The van der Waals surface area contributed by atoms with Crippen LogP contribution in [0.15, 0.2) is 66.7 Å². The molecule has 0 saturated heterocycles. The Hall–Kier alpha value is -3.67. The number of phenolic OH excluding ortho intramolecular Hbond substituents is 1. The average molecular weight is 420 g/mol. The van der Waals surface area contributed by atoms with Gasteiger partial charge >= 0.3 is 0 Å². The molecule has 0 aromatic heterocycles. The summed E-state index contributed by atoms with van der Waals surface area (Å²) in [7, 11) is 0. The van der Waals surface area contributed by atoms with Gasteiger partial charge in [0.15, 0.2) is 0 Å². The van der Waals surface area contributed by atoms with Crippen molar-refractivity contribution in [2.75, 3.05) is 11.9 Å². The number of phenols is 1. The van der Waals surface area contributed by atoms with Crippen LogP contribution in [0.5, 0.6) is 5.75 Å². The first-order valence-electron chi connectivity index (χ1n) is 10.0. The summed E-state index contributed by atoms with van der Waals surface area (Å²) >= 11 is 0. The lowest BCUT2D eigenvalue weighted by molar-refractivity contribution is -0.120. The molecule has 0 aliphatic rings. The summed E-state index contributed by atoms with van der Waals surface area (Å²) in [6.45, 7) is 5.69. The van der Waals surface area contributed by atoms with Crippen LogP contribution in [0.1, 0.15) is 40.0 Å². The first-order chi connectivity index (χ1) is 14.8. The van der Waals surface area contributed by atoms with Crippen molar-refractivity contribution in [1.82, 2.24) is 4.90 Å². The smallest absolute Gasteiger partial charge is 0.257 e. The predicted molar refractivity (Wildman–Crippen MR) is 119 cm³/mol. The predicted octanol–water partition coefficient (Wildman–Crippen LogP) is 4.99. The van der Waals surface area contributed by atoms with E-state index in [2.05, 4.69) is 5.32 Å². The highest BCUT2D eigenvalue weighted by Crippen LogP contribution is 2.28. The highest BCUT2D eigenvalue weighted by atomic mass is 19.1. The number of nitrogens with zero attached hydrogens (tertiary/aromatic N) is 1. The van der Waals surface area contributed by atoms with Gasteiger partial charge in [-0.05, 0) is 61.7 Å². The van der Waals surface area contributed by atoms with Crippen molar-refractivity contribution < 1.29 is 19.1 Å². The quantitative estimate of drug-likeness (QED) is 0.590. The zero-order chi connectivity index (χ0) is 22.5. The van der Waals surface area contributed by atoms with Crippen molar-refractivity contribution in [2.24, 2.45) is 0 Å². The van der Waals surface area contributed by atoms with Crippen LogP contribution < -0.4 is 5.32 Å². The average Bonchev–Trinajstić information content (AvgIpc) is 2.75. The standard InChI is InChI=1S/C25H25FN2O3/c1-4-28(25(31)20-10-5-6-11-21(20)26)23(18-12-14-19(29)15-13-18)24(30)27-22-16(2)8-7-9-17(22)3/h5-15,23,29H,4H2,1-3H3,(H,27,30)/t23-/m0/s1. The molecule has 0 radical (unpaired) electrons. The fourth-order valence-corrected chi connectivity index (χ4v) is 3.57. The molecule has 31 heavy (non-hydrogen) atoms. The molecule has 0 saturated carbocycles. The SMILES string of the molecule is CCN(C(=O)c1ccccc1F)[C@H](C(=O)Nc1c(C)cccc1C)c1ccc(O)cc1. The van der Waals surface area contributed by atoms with Crippen molar-refractivity contribution in [2.45, 2.75) is 26.8 Å². The van der Waals surface area contributed by atoms with Gasteiger partial charge in [0, 0.05) is 12.2 Å². The van der Waals surface area contributed by atoms with Gasteiger partial charge in [0.2, 0.25) is 0 Å². The number of anilines is 1. The fraction of sp³-hybridized carbons (Fsp3) is 0.200. The Labute approximate surface area is 181 Å². The van der Waals surface area contributed by atoms with Crippen LogP contribution >= 0.6 is 0 Å². The van der Waals surface area contributed by atoms with Crippen molar-refractivity contribution in [3.05, 3.63) is 94.8 Å². The van der Waals surface area contributed by atoms with Gasteiger partial charge in [-0.25, -0.2) is 4.39 Å². The number of likely N-dealkylation sites (N-methyl/N-ethyl adjacent to an activating group) is 1. The summed E-state index contributed by atoms with van der Waals surface area (Å²) in [6.07, 6.45) is 0. The molecule has 3 aromatic carbocycles. The molecule has 2 N–H and O–H groups in total. The van der Waals surface area contributed by atoms with Crippen molar-refractivity contribution in [1.29, 1.82) is 0 Å². The van der Waals surface area contributed by atoms with Crippen LogP contribution in [0, 0.1) is 19.7 Å². The van der Waals surface area contributed by atoms with Gasteiger partial charge in [-0.1, -0.05) is 42.5 Å². The lowest BCUT2D eigenvalue weighted by atomic mass is 10.0. The Balaban J connectivity index is 2.05. The summed E-state index contributed by atoms with van der Waals surface area (Å²) in [5.41, 5.74) is 2.86. The number of carbonyl (C=O) groups excluding carboxylic acids is 2. The van der Waals surface area contributed by atoms with Gasteiger partial charge in [-0.3, -0.25) is 9.59 Å². The van der Waals surface area contributed by atoms with Crippen LogP contribution in [0.25, 0.3) is 0 Å². The highest BCUT2D eigenvalue weighted by molar-refractivity contribution is 6.02. The van der Waals surface area contributed by atoms with E-state index in [-0.39, 0.29) is 17.9 Å². The minimum Gasteiger partial charge on any atom is -0.508 e. The number of carbonyl (C=O) groups is 2. The Morgan fingerprint density at radius 3 is 2.16 bits per heavy atom. The third kappa shape index (κ3) is 4.74. The maximum atomic E-state index is 14.3. The molecule has 0 heterocycles. The first kappa shape index (κ1) is 22.0. The molecule has 0 spiro atoms. The zero-order valence-electron chi connectivity index (χ0n) is 17.7. The van der Waals surface area contributed by atoms with Gasteiger partial charge in [-0.15, -0.1) is 0 Å². The molecule has 0 aliphatic carbocycles. The molecular formula is C25H25FN2O3. The maximum Gasteiger partial charge on any atom is 0.257 e. The monoisotopic (exact) mass is 420 g/mol. The fourth-order valence-electron chi connectivity index (χ4n) is 3.57. The number of hydrogen-bond acceptors (Lipinski definition) is 3. The molecule has 3 aromatic rings. The Kier molecular flexibility index (Phi) is 6.70. The van der Waals surface area contributed by atoms with Gasteiger partial charge < -0.3 is 15.3 Å². The van der Waals surface area contributed by atoms with E-state index in [1.807, 2.05) is 32.0 Å². The van der Waals surface area contributed by atoms with Crippen LogP contribution in [0.2, 0.25) is 0 Å². The topological polar surface area (TPSA) is 69.6 Å².